The Hall–Kier alpha value is -2.47. The van der Waals surface area contributed by atoms with Crippen LogP contribution < -0.4 is 11.5 Å². The van der Waals surface area contributed by atoms with Crippen LogP contribution in [0.2, 0.25) is 0 Å². The standard InChI is InChI=1S/C13H11N3/c1-16-11-5-2-9(3-6-11)10-4-7-12(14)13(15)8-10/h2-8H,14-15H2. The summed E-state index contributed by atoms with van der Waals surface area (Å²) >= 11 is 0. The first-order valence-corrected chi connectivity index (χ1v) is 4.83. The number of hydrogen-bond acceptors (Lipinski definition) is 2. The highest BCUT2D eigenvalue weighted by atomic mass is 14.7. The predicted octanol–water partition coefficient (Wildman–Crippen LogP) is 3.07. The second kappa shape index (κ2) is 3.95. The molecular formula is C13H11N3. The molecule has 0 aliphatic rings. The van der Waals surface area contributed by atoms with E-state index >= 15 is 0 Å². The molecular weight excluding hydrogens is 198 g/mol. The summed E-state index contributed by atoms with van der Waals surface area (Å²) in [6.07, 6.45) is 0. The van der Waals surface area contributed by atoms with Gasteiger partial charge < -0.3 is 11.5 Å². The van der Waals surface area contributed by atoms with Gasteiger partial charge in [0, 0.05) is 0 Å². The highest BCUT2D eigenvalue weighted by Gasteiger charge is 2.00. The maximum absolute atomic E-state index is 6.87. The molecule has 4 N–H and O–H groups in total. The Balaban J connectivity index is 2.43. The summed E-state index contributed by atoms with van der Waals surface area (Å²) in [4.78, 5) is 3.34. The van der Waals surface area contributed by atoms with Gasteiger partial charge in [0.1, 0.15) is 0 Å². The zero-order valence-corrected chi connectivity index (χ0v) is 8.64. The molecule has 0 spiro atoms. The quantitative estimate of drug-likeness (QED) is 0.560. The lowest BCUT2D eigenvalue weighted by atomic mass is 10.0. The van der Waals surface area contributed by atoms with Crippen LogP contribution in [0.3, 0.4) is 0 Å². The molecule has 0 aromatic heterocycles. The molecule has 16 heavy (non-hydrogen) atoms. The number of hydrogen-bond donors (Lipinski definition) is 2. The summed E-state index contributed by atoms with van der Waals surface area (Å²) in [5.74, 6) is 0. The van der Waals surface area contributed by atoms with Crippen molar-refractivity contribution >= 4 is 17.1 Å². The van der Waals surface area contributed by atoms with Crippen molar-refractivity contribution in [3.05, 3.63) is 53.9 Å². The molecule has 0 unspecified atom stereocenters. The predicted molar refractivity (Wildman–Crippen MR) is 67.0 cm³/mol. The lowest BCUT2D eigenvalue weighted by Gasteiger charge is -2.05. The van der Waals surface area contributed by atoms with Crippen LogP contribution in [0.25, 0.3) is 16.0 Å². The average Bonchev–Trinajstić information content (AvgIpc) is 2.33. The smallest absolute Gasteiger partial charge is 0.187 e. The molecule has 0 fully saturated rings. The number of nitrogens with two attached hydrogens (primary N) is 2. The summed E-state index contributed by atoms with van der Waals surface area (Å²) in [6, 6.07) is 12.9. The molecule has 0 aliphatic heterocycles. The van der Waals surface area contributed by atoms with E-state index in [0.29, 0.717) is 17.1 Å². The van der Waals surface area contributed by atoms with Crippen molar-refractivity contribution in [1.82, 2.24) is 0 Å². The zero-order chi connectivity index (χ0) is 11.5. The molecule has 2 aromatic carbocycles. The molecule has 0 amide bonds. The van der Waals surface area contributed by atoms with Crippen LogP contribution in [0.4, 0.5) is 17.1 Å². The van der Waals surface area contributed by atoms with Gasteiger partial charge in [0.05, 0.1) is 17.9 Å². The molecule has 0 aliphatic carbocycles. The normalized spacial score (nSPS) is 9.69. The van der Waals surface area contributed by atoms with Crippen molar-refractivity contribution in [1.29, 1.82) is 0 Å². The minimum atomic E-state index is 0.576. The monoisotopic (exact) mass is 209 g/mol. The van der Waals surface area contributed by atoms with Crippen LogP contribution in [0.5, 0.6) is 0 Å². The van der Waals surface area contributed by atoms with E-state index in [1.54, 1.807) is 18.2 Å². The van der Waals surface area contributed by atoms with Gasteiger partial charge >= 0.3 is 0 Å². The van der Waals surface area contributed by atoms with Gasteiger partial charge in [-0.05, 0) is 23.3 Å². The molecule has 0 bridgehead atoms. The summed E-state index contributed by atoms with van der Waals surface area (Å²) < 4.78 is 0. The van der Waals surface area contributed by atoms with Gasteiger partial charge in [0.2, 0.25) is 0 Å². The van der Waals surface area contributed by atoms with E-state index in [1.807, 2.05) is 24.3 Å². The zero-order valence-electron chi connectivity index (χ0n) is 8.64. The van der Waals surface area contributed by atoms with Crippen LogP contribution >= 0.6 is 0 Å². The van der Waals surface area contributed by atoms with Crippen molar-refractivity contribution in [2.24, 2.45) is 0 Å². The van der Waals surface area contributed by atoms with Gasteiger partial charge in [-0.15, -0.1) is 0 Å². The van der Waals surface area contributed by atoms with Crippen molar-refractivity contribution in [3.8, 4) is 11.1 Å². The fourth-order valence-electron chi connectivity index (χ4n) is 1.48. The fraction of sp³-hybridized carbons (Fsp3) is 0. The van der Waals surface area contributed by atoms with Crippen molar-refractivity contribution < 1.29 is 0 Å². The Bertz CT molecular complexity index is 550. The van der Waals surface area contributed by atoms with Gasteiger partial charge in [-0.1, -0.05) is 30.3 Å². The third kappa shape index (κ3) is 1.82. The number of benzene rings is 2. The number of rotatable bonds is 1. The van der Waals surface area contributed by atoms with E-state index in [2.05, 4.69) is 4.85 Å². The Morgan fingerprint density at radius 3 is 2.00 bits per heavy atom. The fourth-order valence-corrected chi connectivity index (χ4v) is 1.48. The first-order chi connectivity index (χ1) is 7.70. The van der Waals surface area contributed by atoms with Crippen LogP contribution in [-0.2, 0) is 0 Å². The minimum Gasteiger partial charge on any atom is -0.397 e. The van der Waals surface area contributed by atoms with Crippen molar-refractivity contribution in [3.63, 3.8) is 0 Å². The van der Waals surface area contributed by atoms with E-state index in [1.165, 1.54) is 0 Å². The number of nitrogens with zero attached hydrogens (tertiary/aromatic N) is 1. The molecule has 78 valence electrons. The molecule has 3 nitrogen and oxygen atoms in total. The van der Waals surface area contributed by atoms with Crippen LogP contribution in [0.1, 0.15) is 0 Å². The van der Waals surface area contributed by atoms with E-state index in [9.17, 15) is 0 Å². The molecule has 2 aromatic rings. The van der Waals surface area contributed by atoms with E-state index < -0.39 is 0 Å². The van der Waals surface area contributed by atoms with Gasteiger partial charge in [-0.2, -0.15) is 0 Å². The minimum absolute atomic E-state index is 0.576. The van der Waals surface area contributed by atoms with Crippen LogP contribution in [0.15, 0.2) is 42.5 Å². The van der Waals surface area contributed by atoms with Gasteiger partial charge in [-0.3, -0.25) is 0 Å². The Labute approximate surface area is 94.1 Å². The molecule has 0 radical (unpaired) electrons. The highest BCUT2D eigenvalue weighted by Crippen LogP contribution is 2.26. The Morgan fingerprint density at radius 1 is 0.812 bits per heavy atom. The number of nitrogen functional groups attached to an aromatic ring is 2. The lowest BCUT2D eigenvalue weighted by molar-refractivity contribution is 1.61. The van der Waals surface area contributed by atoms with E-state index in [0.717, 1.165) is 11.1 Å². The maximum Gasteiger partial charge on any atom is 0.187 e. The third-order valence-corrected chi connectivity index (χ3v) is 2.42. The molecule has 0 atom stereocenters. The third-order valence-electron chi connectivity index (χ3n) is 2.42. The SMILES string of the molecule is [C-]#[N+]c1ccc(-c2ccc(N)c(N)c2)cc1. The molecule has 0 heterocycles. The maximum atomic E-state index is 6.87. The summed E-state index contributed by atoms with van der Waals surface area (Å²) in [5.41, 5.74) is 15.2. The molecule has 0 saturated heterocycles. The van der Waals surface area contributed by atoms with Crippen LogP contribution in [0, 0.1) is 6.57 Å². The van der Waals surface area contributed by atoms with E-state index in [4.69, 9.17) is 18.0 Å². The van der Waals surface area contributed by atoms with Crippen molar-refractivity contribution in [2.75, 3.05) is 11.5 Å². The summed E-state index contributed by atoms with van der Waals surface area (Å²) in [7, 11) is 0. The first-order valence-electron chi connectivity index (χ1n) is 4.83. The average molecular weight is 209 g/mol. The van der Waals surface area contributed by atoms with E-state index in [-0.39, 0.29) is 0 Å². The highest BCUT2D eigenvalue weighted by molar-refractivity contribution is 5.75. The summed E-state index contributed by atoms with van der Waals surface area (Å²) in [5, 5.41) is 0. The van der Waals surface area contributed by atoms with Crippen LogP contribution in [-0.4, -0.2) is 0 Å². The van der Waals surface area contributed by atoms with Gasteiger partial charge in [-0.25, -0.2) is 4.85 Å². The van der Waals surface area contributed by atoms with Crippen molar-refractivity contribution in [2.45, 2.75) is 0 Å². The molecule has 3 heteroatoms. The Kier molecular flexibility index (Phi) is 2.49. The van der Waals surface area contributed by atoms with Gasteiger partial charge in [0.15, 0.2) is 5.69 Å². The topological polar surface area (TPSA) is 56.4 Å². The van der Waals surface area contributed by atoms with Gasteiger partial charge in [0.25, 0.3) is 0 Å². The molecule has 2 rings (SSSR count). The summed E-state index contributed by atoms with van der Waals surface area (Å²) in [6.45, 7) is 6.87. The first kappa shape index (κ1) is 10.1. The lowest BCUT2D eigenvalue weighted by Crippen LogP contribution is -1.94. The number of anilines is 2. The second-order valence-corrected chi connectivity index (χ2v) is 3.50. The largest absolute Gasteiger partial charge is 0.397 e. The molecule has 0 saturated carbocycles. The second-order valence-electron chi connectivity index (χ2n) is 3.50. The Morgan fingerprint density at radius 2 is 1.44 bits per heavy atom.